The zero-order valence-electron chi connectivity index (χ0n) is 10.2. The summed E-state index contributed by atoms with van der Waals surface area (Å²) in [6.07, 6.45) is 0.00573. The average molecular weight is 232 g/mol. The van der Waals surface area contributed by atoms with Crippen molar-refractivity contribution in [2.45, 2.75) is 32.6 Å². The zero-order chi connectivity index (χ0) is 12.6. The Labute approximate surface area is 99.7 Å². The summed E-state index contributed by atoms with van der Waals surface area (Å²) in [4.78, 5) is 10.8. The van der Waals surface area contributed by atoms with Gasteiger partial charge in [-0.15, -0.1) is 0 Å². The van der Waals surface area contributed by atoms with Gasteiger partial charge >= 0.3 is 5.97 Å². The van der Waals surface area contributed by atoms with Crippen molar-refractivity contribution >= 4 is 16.9 Å². The molecule has 0 amide bonds. The fraction of sp³-hybridized carbons (Fsp3) is 0.385. The van der Waals surface area contributed by atoms with Crippen LogP contribution in [0.5, 0.6) is 0 Å². The quantitative estimate of drug-likeness (QED) is 0.836. The normalized spacial score (nSPS) is 11.9. The van der Waals surface area contributed by atoms with Gasteiger partial charge in [0.15, 0.2) is 0 Å². The smallest absolute Gasteiger partial charge is 0.307 e. The molecule has 2 rings (SSSR count). The third kappa shape index (κ3) is 2.16. The van der Waals surface area contributed by atoms with Crippen molar-refractivity contribution in [1.29, 1.82) is 0 Å². The molecule has 2 N–H and O–H groups in total. The molecule has 0 aliphatic rings. The van der Waals surface area contributed by atoms with Crippen LogP contribution in [-0.2, 0) is 16.6 Å². The molecule has 1 aromatic carbocycles. The first-order valence-corrected chi connectivity index (χ1v) is 5.58. The molecule has 0 saturated carbocycles. The first-order valence-electron chi connectivity index (χ1n) is 5.58. The molecule has 17 heavy (non-hydrogen) atoms. The van der Waals surface area contributed by atoms with Gasteiger partial charge in [-0.2, -0.15) is 5.10 Å². The summed E-state index contributed by atoms with van der Waals surface area (Å²) >= 11 is 0. The minimum Gasteiger partial charge on any atom is -0.481 e. The van der Waals surface area contributed by atoms with Crippen LogP contribution >= 0.6 is 0 Å². The van der Waals surface area contributed by atoms with Crippen molar-refractivity contribution in [3.8, 4) is 0 Å². The Morgan fingerprint density at radius 3 is 2.71 bits per heavy atom. The number of carbonyl (C=O) groups is 1. The third-order valence-corrected chi connectivity index (χ3v) is 2.76. The molecule has 90 valence electrons. The van der Waals surface area contributed by atoms with E-state index in [2.05, 4.69) is 31.0 Å². The van der Waals surface area contributed by atoms with Gasteiger partial charge in [-0.05, 0) is 5.56 Å². The number of fused-ring (bicyclic) bond motifs is 1. The number of nitrogens with zero attached hydrogens (tertiary/aromatic N) is 1. The number of hydrogen-bond donors (Lipinski definition) is 2. The second-order valence-electron chi connectivity index (χ2n) is 5.23. The number of hydrogen-bond acceptors (Lipinski definition) is 2. The van der Waals surface area contributed by atoms with E-state index in [1.54, 1.807) is 0 Å². The highest BCUT2D eigenvalue weighted by Crippen LogP contribution is 2.29. The van der Waals surface area contributed by atoms with E-state index in [4.69, 9.17) is 5.11 Å². The largest absolute Gasteiger partial charge is 0.481 e. The Hall–Kier alpha value is -1.84. The molecule has 0 saturated heterocycles. The van der Waals surface area contributed by atoms with Crippen molar-refractivity contribution in [1.82, 2.24) is 10.2 Å². The number of carboxylic acid groups (broad SMARTS) is 1. The minimum atomic E-state index is -0.835. The molecule has 0 unspecified atom stereocenters. The van der Waals surface area contributed by atoms with Gasteiger partial charge in [0.05, 0.1) is 11.9 Å². The lowest BCUT2D eigenvalue weighted by Gasteiger charge is -2.16. The molecule has 1 aromatic heterocycles. The summed E-state index contributed by atoms with van der Waals surface area (Å²) in [6, 6.07) is 5.67. The Morgan fingerprint density at radius 2 is 2.12 bits per heavy atom. The fourth-order valence-corrected chi connectivity index (χ4v) is 1.97. The van der Waals surface area contributed by atoms with Crippen molar-refractivity contribution < 1.29 is 9.90 Å². The third-order valence-electron chi connectivity index (χ3n) is 2.76. The molecular weight excluding hydrogens is 216 g/mol. The number of carboxylic acids is 1. The highest BCUT2D eigenvalue weighted by atomic mass is 16.4. The van der Waals surface area contributed by atoms with Crippen LogP contribution in [0.15, 0.2) is 18.2 Å². The average Bonchev–Trinajstić information content (AvgIpc) is 2.60. The number of benzene rings is 1. The van der Waals surface area contributed by atoms with E-state index in [1.165, 1.54) is 0 Å². The summed E-state index contributed by atoms with van der Waals surface area (Å²) < 4.78 is 0. The number of aromatic amines is 1. The standard InChI is InChI=1S/C13H16N2O2/c1-13(2,3)12-9-6-4-5-8(7-10(16)17)11(9)14-15-12/h4-6H,7H2,1-3H3,(H,14,15)(H,16,17). The summed E-state index contributed by atoms with van der Waals surface area (Å²) in [5, 5.41) is 17.1. The molecule has 0 radical (unpaired) electrons. The number of rotatable bonds is 2. The van der Waals surface area contributed by atoms with Crippen molar-refractivity contribution in [3.63, 3.8) is 0 Å². The number of nitrogens with one attached hydrogen (secondary N) is 1. The molecule has 4 heteroatoms. The molecule has 1 heterocycles. The van der Waals surface area contributed by atoms with Crippen LogP contribution in [-0.4, -0.2) is 21.3 Å². The predicted molar refractivity (Wildman–Crippen MR) is 66.1 cm³/mol. The molecule has 2 aromatic rings. The SMILES string of the molecule is CC(C)(C)c1[nH]nc2c(CC(=O)O)cccc12. The van der Waals surface area contributed by atoms with Crippen molar-refractivity contribution in [2.75, 3.05) is 0 Å². The number of aromatic nitrogens is 2. The Bertz CT molecular complexity index is 564. The summed E-state index contributed by atoms with van der Waals surface area (Å²) in [7, 11) is 0. The highest BCUT2D eigenvalue weighted by molar-refractivity contribution is 5.88. The molecule has 0 atom stereocenters. The second-order valence-corrected chi connectivity index (χ2v) is 5.23. The van der Waals surface area contributed by atoms with Crippen molar-refractivity contribution in [3.05, 3.63) is 29.5 Å². The van der Waals surface area contributed by atoms with E-state index in [0.717, 1.165) is 22.2 Å². The first kappa shape index (κ1) is 11.6. The van der Waals surface area contributed by atoms with Crippen LogP contribution in [0.2, 0.25) is 0 Å². The molecule has 4 nitrogen and oxygen atoms in total. The van der Waals surface area contributed by atoms with Gasteiger partial charge in [0.1, 0.15) is 0 Å². The zero-order valence-corrected chi connectivity index (χ0v) is 10.2. The number of aliphatic carboxylic acids is 1. The predicted octanol–water partition coefficient (Wildman–Crippen LogP) is 2.49. The highest BCUT2D eigenvalue weighted by Gasteiger charge is 2.20. The van der Waals surface area contributed by atoms with Gasteiger partial charge in [0.25, 0.3) is 0 Å². The van der Waals surface area contributed by atoms with E-state index in [-0.39, 0.29) is 11.8 Å². The van der Waals surface area contributed by atoms with E-state index in [0.29, 0.717) is 0 Å². The summed E-state index contributed by atoms with van der Waals surface area (Å²) in [6.45, 7) is 6.30. The topological polar surface area (TPSA) is 66.0 Å². The molecule has 0 bridgehead atoms. The van der Waals surface area contributed by atoms with Crippen LogP contribution in [0, 0.1) is 0 Å². The van der Waals surface area contributed by atoms with Crippen LogP contribution in [0.3, 0.4) is 0 Å². The summed E-state index contributed by atoms with van der Waals surface area (Å²) in [5.41, 5.74) is 2.53. The van der Waals surface area contributed by atoms with Crippen LogP contribution in [0.25, 0.3) is 10.9 Å². The second kappa shape index (κ2) is 3.87. The molecule has 0 fully saturated rings. The lowest BCUT2D eigenvalue weighted by Crippen LogP contribution is -2.12. The van der Waals surface area contributed by atoms with Crippen LogP contribution in [0.1, 0.15) is 32.0 Å². The maximum absolute atomic E-state index is 10.8. The maximum atomic E-state index is 10.8. The van der Waals surface area contributed by atoms with E-state index in [9.17, 15) is 4.79 Å². The van der Waals surface area contributed by atoms with Gasteiger partial charge in [0.2, 0.25) is 0 Å². The van der Waals surface area contributed by atoms with Crippen LogP contribution < -0.4 is 0 Å². The molecule has 0 aliphatic heterocycles. The summed E-state index contributed by atoms with van der Waals surface area (Å²) in [5.74, 6) is -0.835. The Balaban J connectivity index is 2.61. The molecule has 0 spiro atoms. The van der Waals surface area contributed by atoms with Crippen LogP contribution in [0.4, 0.5) is 0 Å². The number of para-hydroxylation sites is 1. The lowest BCUT2D eigenvalue weighted by atomic mass is 9.89. The van der Waals surface area contributed by atoms with Gasteiger partial charge < -0.3 is 5.11 Å². The van der Waals surface area contributed by atoms with Gasteiger partial charge in [-0.25, -0.2) is 0 Å². The fourth-order valence-electron chi connectivity index (χ4n) is 1.97. The Kier molecular flexibility index (Phi) is 2.65. The van der Waals surface area contributed by atoms with E-state index >= 15 is 0 Å². The van der Waals surface area contributed by atoms with E-state index in [1.807, 2.05) is 18.2 Å². The van der Waals surface area contributed by atoms with E-state index < -0.39 is 5.97 Å². The minimum absolute atomic E-state index is 0.00573. The Morgan fingerprint density at radius 1 is 1.41 bits per heavy atom. The first-order chi connectivity index (χ1) is 7.89. The molecule has 0 aliphatic carbocycles. The molecular formula is C13H16N2O2. The number of H-pyrrole nitrogens is 1. The van der Waals surface area contributed by atoms with Gasteiger partial charge in [-0.3, -0.25) is 9.89 Å². The lowest BCUT2D eigenvalue weighted by molar-refractivity contribution is -0.136. The maximum Gasteiger partial charge on any atom is 0.307 e. The monoisotopic (exact) mass is 232 g/mol. The van der Waals surface area contributed by atoms with Crippen molar-refractivity contribution in [2.24, 2.45) is 0 Å². The van der Waals surface area contributed by atoms with Gasteiger partial charge in [0, 0.05) is 16.5 Å². The van der Waals surface area contributed by atoms with Gasteiger partial charge in [-0.1, -0.05) is 39.0 Å².